The van der Waals surface area contributed by atoms with Crippen molar-refractivity contribution in [2.45, 2.75) is 20.0 Å². The number of para-hydroxylation sites is 1. The third-order valence-corrected chi connectivity index (χ3v) is 3.36. The van der Waals surface area contributed by atoms with E-state index in [1.807, 2.05) is 19.9 Å². The van der Waals surface area contributed by atoms with Crippen molar-refractivity contribution in [3.05, 3.63) is 72.4 Å². The van der Waals surface area contributed by atoms with E-state index in [1.165, 1.54) is 0 Å². The van der Waals surface area contributed by atoms with Crippen molar-refractivity contribution in [3.63, 3.8) is 0 Å². The number of amides is 1. The van der Waals surface area contributed by atoms with Gasteiger partial charge >= 0.3 is 0 Å². The Bertz CT molecular complexity index is 882. The van der Waals surface area contributed by atoms with Gasteiger partial charge in [0.1, 0.15) is 11.5 Å². The minimum atomic E-state index is -0.252. The van der Waals surface area contributed by atoms with Gasteiger partial charge in [-0.05, 0) is 44.2 Å². The molecular formula is C20H19N3O3. The molecule has 0 fully saturated rings. The van der Waals surface area contributed by atoms with Crippen molar-refractivity contribution in [3.8, 4) is 17.4 Å². The lowest BCUT2D eigenvalue weighted by molar-refractivity contribution is 0.102. The summed E-state index contributed by atoms with van der Waals surface area (Å²) in [6.07, 6.45) is 1.55. The molecule has 0 unspecified atom stereocenters. The van der Waals surface area contributed by atoms with Crippen molar-refractivity contribution < 1.29 is 14.3 Å². The van der Waals surface area contributed by atoms with Crippen LogP contribution < -0.4 is 14.8 Å². The highest BCUT2D eigenvalue weighted by Gasteiger charge is 2.13. The van der Waals surface area contributed by atoms with Crippen molar-refractivity contribution in [1.29, 1.82) is 0 Å². The maximum absolute atomic E-state index is 12.6. The Hall–Kier alpha value is -3.41. The largest absolute Gasteiger partial charge is 0.490 e. The molecular weight excluding hydrogens is 330 g/mol. The van der Waals surface area contributed by atoms with Crippen molar-refractivity contribution in [1.82, 2.24) is 10.2 Å². The Morgan fingerprint density at radius 1 is 1.04 bits per heavy atom. The third kappa shape index (κ3) is 4.57. The van der Waals surface area contributed by atoms with Gasteiger partial charge in [0.25, 0.3) is 5.91 Å². The average molecular weight is 349 g/mol. The first-order valence-corrected chi connectivity index (χ1v) is 8.24. The molecule has 2 aromatic carbocycles. The average Bonchev–Trinajstić information content (AvgIpc) is 2.63. The summed E-state index contributed by atoms with van der Waals surface area (Å²) in [6.45, 7) is 3.84. The quantitative estimate of drug-likeness (QED) is 0.718. The summed E-state index contributed by atoms with van der Waals surface area (Å²) in [5.74, 6) is 1.23. The second-order valence-corrected chi connectivity index (χ2v) is 5.81. The molecule has 6 nitrogen and oxygen atoms in total. The second-order valence-electron chi connectivity index (χ2n) is 5.81. The van der Waals surface area contributed by atoms with Crippen LogP contribution in [-0.4, -0.2) is 22.2 Å². The van der Waals surface area contributed by atoms with E-state index in [-0.39, 0.29) is 12.0 Å². The number of ether oxygens (including phenoxy) is 2. The number of carbonyl (C=O) groups excluding carboxylic acids is 1. The fraction of sp³-hybridized carbons (Fsp3) is 0.150. The van der Waals surface area contributed by atoms with Gasteiger partial charge in [0, 0.05) is 24.0 Å². The maximum atomic E-state index is 12.6. The van der Waals surface area contributed by atoms with Gasteiger partial charge < -0.3 is 14.8 Å². The van der Waals surface area contributed by atoms with Gasteiger partial charge in [0.2, 0.25) is 5.88 Å². The minimum absolute atomic E-state index is 0.0207. The van der Waals surface area contributed by atoms with Crippen LogP contribution in [0.25, 0.3) is 0 Å². The zero-order valence-corrected chi connectivity index (χ0v) is 14.5. The fourth-order valence-corrected chi connectivity index (χ4v) is 2.31. The van der Waals surface area contributed by atoms with E-state index in [0.717, 1.165) is 0 Å². The molecule has 1 N–H and O–H groups in total. The van der Waals surface area contributed by atoms with Crippen LogP contribution in [0, 0.1) is 0 Å². The highest BCUT2D eigenvalue weighted by atomic mass is 16.5. The van der Waals surface area contributed by atoms with E-state index in [0.29, 0.717) is 28.6 Å². The topological polar surface area (TPSA) is 73.3 Å². The molecule has 1 heterocycles. The van der Waals surface area contributed by atoms with E-state index in [1.54, 1.807) is 60.8 Å². The molecule has 1 amide bonds. The molecule has 0 radical (unpaired) electrons. The molecule has 0 spiro atoms. The highest BCUT2D eigenvalue weighted by Crippen LogP contribution is 2.24. The van der Waals surface area contributed by atoms with Crippen molar-refractivity contribution >= 4 is 11.6 Å². The molecule has 0 aliphatic heterocycles. The van der Waals surface area contributed by atoms with Gasteiger partial charge in [0.05, 0.1) is 11.7 Å². The summed E-state index contributed by atoms with van der Waals surface area (Å²) in [4.78, 5) is 12.6. The number of nitrogens with zero attached hydrogens (tertiary/aromatic N) is 2. The monoisotopic (exact) mass is 349 g/mol. The standard InChI is InChI=1S/C20H19N3O3/c1-14(2)25-18-10-4-3-9-17(18)20(24)22-15-7-5-8-16(13-15)26-19-11-6-12-21-23-19/h3-14H,1-2H3,(H,22,24). The van der Waals surface area contributed by atoms with Crippen LogP contribution in [0.2, 0.25) is 0 Å². The van der Waals surface area contributed by atoms with Gasteiger partial charge in [-0.3, -0.25) is 4.79 Å². The molecule has 3 aromatic rings. The van der Waals surface area contributed by atoms with Crippen LogP contribution in [0.3, 0.4) is 0 Å². The highest BCUT2D eigenvalue weighted by molar-refractivity contribution is 6.06. The van der Waals surface area contributed by atoms with E-state index in [4.69, 9.17) is 9.47 Å². The first kappa shape index (κ1) is 17.4. The SMILES string of the molecule is CC(C)Oc1ccccc1C(=O)Nc1cccc(Oc2cccnn2)c1. The number of benzene rings is 2. The molecule has 0 saturated heterocycles. The van der Waals surface area contributed by atoms with E-state index >= 15 is 0 Å². The molecule has 1 aromatic heterocycles. The Balaban J connectivity index is 1.75. The number of anilines is 1. The van der Waals surface area contributed by atoms with E-state index in [9.17, 15) is 4.79 Å². The third-order valence-electron chi connectivity index (χ3n) is 3.36. The number of carbonyl (C=O) groups is 1. The Kier molecular flexibility index (Phi) is 5.43. The van der Waals surface area contributed by atoms with Crippen molar-refractivity contribution in [2.75, 3.05) is 5.32 Å². The number of aromatic nitrogens is 2. The summed E-state index contributed by atoms with van der Waals surface area (Å²) in [6, 6.07) is 17.7. The summed E-state index contributed by atoms with van der Waals surface area (Å²) < 4.78 is 11.3. The van der Waals surface area contributed by atoms with E-state index in [2.05, 4.69) is 15.5 Å². The zero-order valence-electron chi connectivity index (χ0n) is 14.5. The molecule has 0 atom stereocenters. The van der Waals surface area contributed by atoms with Crippen molar-refractivity contribution in [2.24, 2.45) is 0 Å². The predicted molar refractivity (Wildman–Crippen MR) is 98.7 cm³/mol. The Labute approximate surface area is 151 Å². The summed E-state index contributed by atoms with van der Waals surface area (Å²) >= 11 is 0. The fourth-order valence-electron chi connectivity index (χ4n) is 2.31. The van der Waals surface area contributed by atoms with Crippen LogP contribution in [0.4, 0.5) is 5.69 Å². The Morgan fingerprint density at radius 2 is 1.88 bits per heavy atom. The first-order valence-electron chi connectivity index (χ1n) is 8.24. The van der Waals surface area contributed by atoms with Gasteiger partial charge in [0.15, 0.2) is 0 Å². The minimum Gasteiger partial charge on any atom is -0.490 e. The zero-order chi connectivity index (χ0) is 18.4. The molecule has 0 bridgehead atoms. The van der Waals surface area contributed by atoms with E-state index < -0.39 is 0 Å². The molecule has 0 saturated carbocycles. The van der Waals surface area contributed by atoms with Crippen LogP contribution in [0.15, 0.2) is 66.9 Å². The van der Waals surface area contributed by atoms with Gasteiger partial charge in [-0.1, -0.05) is 18.2 Å². The number of hydrogen-bond acceptors (Lipinski definition) is 5. The predicted octanol–water partition coefficient (Wildman–Crippen LogP) is 4.31. The summed E-state index contributed by atoms with van der Waals surface area (Å²) in [5, 5.41) is 10.5. The van der Waals surface area contributed by atoms with Crippen LogP contribution in [0.1, 0.15) is 24.2 Å². The molecule has 26 heavy (non-hydrogen) atoms. The molecule has 0 aliphatic rings. The lowest BCUT2D eigenvalue weighted by Crippen LogP contribution is -2.15. The van der Waals surface area contributed by atoms with Gasteiger partial charge in [-0.25, -0.2) is 0 Å². The summed E-state index contributed by atoms with van der Waals surface area (Å²) in [7, 11) is 0. The Morgan fingerprint density at radius 3 is 2.65 bits per heavy atom. The first-order chi connectivity index (χ1) is 12.6. The van der Waals surface area contributed by atoms with Crippen LogP contribution in [0.5, 0.6) is 17.4 Å². The van der Waals surface area contributed by atoms with Gasteiger partial charge in [-0.15, -0.1) is 5.10 Å². The number of rotatable bonds is 6. The molecule has 132 valence electrons. The lowest BCUT2D eigenvalue weighted by Gasteiger charge is -2.14. The lowest BCUT2D eigenvalue weighted by atomic mass is 10.1. The normalized spacial score (nSPS) is 10.4. The van der Waals surface area contributed by atoms with Crippen LogP contribution in [-0.2, 0) is 0 Å². The smallest absolute Gasteiger partial charge is 0.259 e. The molecule has 6 heteroatoms. The molecule has 3 rings (SSSR count). The maximum Gasteiger partial charge on any atom is 0.259 e. The van der Waals surface area contributed by atoms with Gasteiger partial charge in [-0.2, -0.15) is 5.10 Å². The number of hydrogen-bond donors (Lipinski definition) is 1. The molecule has 0 aliphatic carbocycles. The summed E-state index contributed by atoms with van der Waals surface area (Å²) in [5.41, 5.74) is 1.08. The number of nitrogens with one attached hydrogen (secondary N) is 1. The second kappa shape index (κ2) is 8.11. The van der Waals surface area contributed by atoms with Crippen LogP contribution >= 0.6 is 0 Å².